The third-order valence-corrected chi connectivity index (χ3v) is 7.31. The van der Waals surface area contributed by atoms with Crippen LogP contribution in [0.1, 0.15) is 52.4 Å². The lowest BCUT2D eigenvalue weighted by atomic mass is 10.00. The minimum absolute atomic E-state index is 0.104. The summed E-state index contributed by atoms with van der Waals surface area (Å²) < 4.78 is 21.3. The molecule has 2 aromatic rings. The molecular formula is C23H31FN4O2S. The Kier molecular flexibility index (Phi) is 7.27. The van der Waals surface area contributed by atoms with Crippen LogP contribution in [-0.2, 0) is 16.1 Å². The topological polar surface area (TPSA) is 60.2 Å². The molecule has 0 N–H and O–H groups in total. The van der Waals surface area contributed by atoms with E-state index >= 15 is 0 Å². The van der Waals surface area contributed by atoms with Gasteiger partial charge >= 0.3 is 0 Å². The predicted octanol–water partition coefficient (Wildman–Crippen LogP) is 4.53. The Morgan fingerprint density at radius 3 is 2.74 bits per heavy atom. The summed E-state index contributed by atoms with van der Waals surface area (Å²) in [6.45, 7) is 6.34. The van der Waals surface area contributed by atoms with E-state index < -0.39 is 0 Å². The molecule has 3 heterocycles. The molecule has 1 amide bonds. The predicted molar refractivity (Wildman–Crippen MR) is 119 cm³/mol. The summed E-state index contributed by atoms with van der Waals surface area (Å²) in [5.74, 6) is 0.573. The third-order valence-electron chi connectivity index (χ3n) is 6.24. The fourth-order valence-electron chi connectivity index (χ4n) is 4.50. The summed E-state index contributed by atoms with van der Waals surface area (Å²) in [6, 6.07) is 6.63. The number of carbonyl (C=O) groups excluding carboxylic acids is 1. The number of rotatable bonds is 7. The molecule has 8 heteroatoms. The molecule has 2 fully saturated rings. The van der Waals surface area contributed by atoms with Gasteiger partial charge in [-0.25, -0.2) is 4.39 Å². The van der Waals surface area contributed by atoms with E-state index in [4.69, 9.17) is 4.74 Å². The number of aromatic nitrogens is 3. The normalized spacial score (nSPS) is 22.6. The first-order valence-corrected chi connectivity index (χ1v) is 12.2. The zero-order valence-electron chi connectivity index (χ0n) is 18.3. The Morgan fingerprint density at radius 2 is 2.03 bits per heavy atom. The molecule has 168 valence electrons. The van der Waals surface area contributed by atoms with Gasteiger partial charge in [-0.15, -0.1) is 10.2 Å². The lowest BCUT2D eigenvalue weighted by molar-refractivity contribution is -0.134. The highest BCUT2D eigenvalue weighted by Crippen LogP contribution is 2.31. The molecule has 4 rings (SSSR count). The van der Waals surface area contributed by atoms with E-state index in [0.717, 1.165) is 50.8 Å². The number of ether oxygens (including phenoxy) is 1. The van der Waals surface area contributed by atoms with Crippen molar-refractivity contribution in [2.75, 3.05) is 13.2 Å². The van der Waals surface area contributed by atoms with Crippen molar-refractivity contribution in [1.82, 2.24) is 19.7 Å². The molecule has 31 heavy (non-hydrogen) atoms. The lowest BCUT2D eigenvalue weighted by Crippen LogP contribution is -2.46. The molecule has 0 saturated carbocycles. The van der Waals surface area contributed by atoms with Crippen LogP contribution in [0.2, 0.25) is 0 Å². The molecule has 0 radical (unpaired) electrons. The van der Waals surface area contributed by atoms with Crippen LogP contribution in [0.15, 0.2) is 29.4 Å². The fourth-order valence-corrected chi connectivity index (χ4v) is 5.43. The second-order valence-electron chi connectivity index (χ2n) is 8.41. The van der Waals surface area contributed by atoms with Crippen LogP contribution in [0.4, 0.5) is 4.39 Å². The molecule has 2 aliphatic heterocycles. The summed E-state index contributed by atoms with van der Waals surface area (Å²) in [7, 11) is 0. The number of carbonyl (C=O) groups is 1. The standard InChI is InChI=1S/C23H31FN4O2S/c1-3-19-7-4-5-13-27(19)22(29)16(2)31-23-26-25-21(17-9-11-18(24)12-10-17)28(23)15-20-8-6-14-30-20/h9-12,16,19-20H,3-8,13-15H2,1-2H3. The monoisotopic (exact) mass is 446 g/mol. The van der Waals surface area contributed by atoms with E-state index in [9.17, 15) is 9.18 Å². The zero-order valence-corrected chi connectivity index (χ0v) is 19.1. The van der Waals surface area contributed by atoms with Crippen molar-refractivity contribution in [3.63, 3.8) is 0 Å². The molecule has 0 aliphatic carbocycles. The van der Waals surface area contributed by atoms with Crippen LogP contribution < -0.4 is 0 Å². The second-order valence-corrected chi connectivity index (χ2v) is 9.72. The van der Waals surface area contributed by atoms with E-state index in [0.29, 0.717) is 23.6 Å². The molecule has 0 bridgehead atoms. The van der Waals surface area contributed by atoms with Crippen LogP contribution in [0.3, 0.4) is 0 Å². The summed E-state index contributed by atoms with van der Waals surface area (Å²) in [6.07, 6.45) is 6.49. The van der Waals surface area contributed by atoms with Crippen molar-refractivity contribution in [2.24, 2.45) is 0 Å². The van der Waals surface area contributed by atoms with Gasteiger partial charge in [-0.3, -0.25) is 9.36 Å². The maximum atomic E-state index is 13.4. The number of benzene rings is 1. The van der Waals surface area contributed by atoms with E-state index in [2.05, 4.69) is 22.0 Å². The number of halogens is 1. The van der Waals surface area contributed by atoms with Gasteiger partial charge in [0.1, 0.15) is 5.82 Å². The first-order valence-electron chi connectivity index (χ1n) is 11.3. The molecule has 1 aromatic carbocycles. The number of hydrogen-bond acceptors (Lipinski definition) is 5. The van der Waals surface area contributed by atoms with Gasteiger partial charge in [-0.2, -0.15) is 0 Å². The molecule has 6 nitrogen and oxygen atoms in total. The summed E-state index contributed by atoms with van der Waals surface area (Å²) in [5, 5.41) is 9.28. The second kappa shape index (κ2) is 10.1. The van der Waals surface area contributed by atoms with Gasteiger partial charge in [0.05, 0.1) is 17.9 Å². The van der Waals surface area contributed by atoms with Gasteiger partial charge < -0.3 is 9.64 Å². The number of piperidine rings is 1. The number of nitrogens with zero attached hydrogens (tertiary/aromatic N) is 4. The smallest absolute Gasteiger partial charge is 0.236 e. The number of likely N-dealkylation sites (tertiary alicyclic amines) is 1. The van der Waals surface area contributed by atoms with Crippen molar-refractivity contribution in [1.29, 1.82) is 0 Å². The minimum Gasteiger partial charge on any atom is -0.376 e. The maximum absolute atomic E-state index is 13.4. The van der Waals surface area contributed by atoms with Crippen molar-refractivity contribution >= 4 is 17.7 Å². The quantitative estimate of drug-likeness (QED) is 0.585. The Balaban J connectivity index is 1.56. The van der Waals surface area contributed by atoms with E-state index in [-0.39, 0.29) is 23.1 Å². The minimum atomic E-state index is -0.283. The Bertz CT molecular complexity index is 882. The average Bonchev–Trinajstić information content (AvgIpc) is 3.44. The van der Waals surface area contributed by atoms with Gasteiger partial charge in [0.15, 0.2) is 11.0 Å². The first kappa shape index (κ1) is 22.3. The molecular weight excluding hydrogens is 415 g/mol. The van der Waals surface area contributed by atoms with Crippen LogP contribution in [0.5, 0.6) is 0 Å². The van der Waals surface area contributed by atoms with Gasteiger partial charge in [-0.1, -0.05) is 18.7 Å². The molecule has 0 spiro atoms. The van der Waals surface area contributed by atoms with E-state index in [1.54, 1.807) is 12.1 Å². The molecule has 3 atom stereocenters. The van der Waals surface area contributed by atoms with Crippen molar-refractivity contribution in [3.8, 4) is 11.4 Å². The Labute approximate surface area is 187 Å². The number of hydrogen-bond donors (Lipinski definition) is 0. The van der Waals surface area contributed by atoms with Crippen LogP contribution in [0, 0.1) is 5.82 Å². The fraction of sp³-hybridized carbons (Fsp3) is 0.609. The van der Waals surface area contributed by atoms with Crippen molar-refractivity contribution < 1.29 is 13.9 Å². The van der Waals surface area contributed by atoms with Crippen LogP contribution in [-0.4, -0.2) is 56.1 Å². The maximum Gasteiger partial charge on any atom is 0.236 e. The Morgan fingerprint density at radius 1 is 1.23 bits per heavy atom. The van der Waals surface area contributed by atoms with Gasteiger partial charge in [0.2, 0.25) is 5.91 Å². The first-order chi connectivity index (χ1) is 15.1. The molecule has 1 aromatic heterocycles. The van der Waals surface area contributed by atoms with Gasteiger partial charge in [0, 0.05) is 24.8 Å². The summed E-state index contributed by atoms with van der Waals surface area (Å²) in [5.41, 5.74) is 0.805. The third kappa shape index (κ3) is 5.12. The van der Waals surface area contributed by atoms with E-state index in [1.165, 1.54) is 30.3 Å². The number of thioether (sulfide) groups is 1. The zero-order chi connectivity index (χ0) is 21.8. The largest absolute Gasteiger partial charge is 0.376 e. The highest BCUT2D eigenvalue weighted by Gasteiger charge is 2.31. The molecule has 2 saturated heterocycles. The van der Waals surface area contributed by atoms with Gasteiger partial charge in [0.25, 0.3) is 0 Å². The van der Waals surface area contributed by atoms with Crippen molar-refractivity contribution in [3.05, 3.63) is 30.1 Å². The van der Waals surface area contributed by atoms with Crippen LogP contribution >= 0.6 is 11.8 Å². The summed E-state index contributed by atoms with van der Waals surface area (Å²) >= 11 is 1.46. The van der Waals surface area contributed by atoms with E-state index in [1.807, 2.05) is 11.5 Å². The highest BCUT2D eigenvalue weighted by atomic mass is 32.2. The molecule has 3 unspecified atom stereocenters. The number of amides is 1. The SMILES string of the molecule is CCC1CCCCN1C(=O)C(C)Sc1nnc(-c2ccc(F)cc2)n1CC1CCCO1. The lowest BCUT2D eigenvalue weighted by Gasteiger charge is -2.36. The average molecular weight is 447 g/mol. The van der Waals surface area contributed by atoms with Gasteiger partial charge in [-0.05, 0) is 69.7 Å². The van der Waals surface area contributed by atoms with Crippen molar-refractivity contribution in [2.45, 2.75) is 81.5 Å². The summed E-state index contributed by atoms with van der Waals surface area (Å²) in [4.78, 5) is 15.3. The highest BCUT2D eigenvalue weighted by molar-refractivity contribution is 8.00. The Hall–Kier alpha value is -1.93. The molecule has 2 aliphatic rings. The van der Waals surface area contributed by atoms with Crippen LogP contribution in [0.25, 0.3) is 11.4 Å².